The number of carbonyl (C=O) groups excluding carboxylic acids is 2. The number of hydrogen-bond donors (Lipinski definition) is 1. The lowest BCUT2D eigenvalue weighted by Gasteiger charge is -2.14. The minimum atomic E-state index is -1.06. The highest BCUT2D eigenvalue weighted by Gasteiger charge is 2.19. The van der Waals surface area contributed by atoms with Crippen molar-refractivity contribution in [1.29, 1.82) is 5.26 Å². The number of nitrogens with zero attached hydrogens (tertiary/aromatic N) is 2. The van der Waals surface area contributed by atoms with Crippen molar-refractivity contribution in [2.45, 2.75) is 26.5 Å². The third-order valence-corrected chi connectivity index (χ3v) is 4.49. The maximum absolute atomic E-state index is 12.1. The molecule has 0 aliphatic rings. The lowest BCUT2D eigenvalue weighted by molar-refractivity contribution is -0.153. The molecular weight excluding hydrogens is 366 g/mol. The first-order chi connectivity index (χ1) is 11.8. The fraction of sp³-hybridized carbons (Fsp3) is 0.250. The molecule has 0 saturated heterocycles. The average Bonchev–Trinajstić information content (AvgIpc) is 2.86. The van der Waals surface area contributed by atoms with E-state index in [0.717, 1.165) is 11.3 Å². The highest BCUT2D eigenvalue weighted by Crippen LogP contribution is 2.20. The monoisotopic (exact) mass is 379 g/mol. The number of amides is 1. The molecule has 0 radical (unpaired) electrons. The summed E-state index contributed by atoms with van der Waals surface area (Å²) < 4.78 is 6.33. The van der Waals surface area contributed by atoms with Crippen molar-refractivity contribution in [3.05, 3.63) is 49.5 Å². The second-order valence-corrected chi connectivity index (χ2v) is 6.38. The Labute approximate surface area is 152 Å². The van der Waals surface area contributed by atoms with E-state index >= 15 is 0 Å². The number of halogens is 1. The Hall–Kier alpha value is -2.63. The van der Waals surface area contributed by atoms with Gasteiger partial charge in [0.15, 0.2) is 6.10 Å². The number of aryl methyl sites for hydroxylation is 1. The first-order valence-corrected chi connectivity index (χ1v) is 8.42. The van der Waals surface area contributed by atoms with Gasteiger partial charge in [-0.2, -0.15) is 5.26 Å². The molecule has 0 bridgehead atoms. The maximum atomic E-state index is 12.1. The summed E-state index contributed by atoms with van der Waals surface area (Å²) in [6, 6.07) is 6.34. The van der Waals surface area contributed by atoms with Crippen molar-refractivity contribution in [3.8, 4) is 6.07 Å². The van der Waals surface area contributed by atoms with Gasteiger partial charge in [-0.05, 0) is 32.0 Å². The first-order valence-electron chi connectivity index (χ1n) is 7.16. The van der Waals surface area contributed by atoms with E-state index in [1.807, 2.05) is 6.07 Å². The Morgan fingerprint density at radius 1 is 1.48 bits per heavy atom. The number of anilines is 1. The van der Waals surface area contributed by atoms with Gasteiger partial charge in [0, 0.05) is 16.8 Å². The van der Waals surface area contributed by atoms with Crippen molar-refractivity contribution in [2.24, 2.45) is 0 Å². The van der Waals surface area contributed by atoms with Gasteiger partial charge >= 0.3 is 10.8 Å². The largest absolute Gasteiger partial charge is 0.451 e. The fourth-order valence-corrected chi connectivity index (χ4v) is 2.90. The second-order valence-electron chi connectivity index (χ2n) is 5.16. The minimum Gasteiger partial charge on any atom is -0.451 e. The Morgan fingerprint density at radius 3 is 2.76 bits per heavy atom. The van der Waals surface area contributed by atoms with Crippen molar-refractivity contribution in [1.82, 2.24) is 4.57 Å². The van der Waals surface area contributed by atoms with Crippen LogP contribution in [0, 0.1) is 18.3 Å². The van der Waals surface area contributed by atoms with Crippen LogP contribution in [-0.4, -0.2) is 22.5 Å². The molecule has 0 fully saturated rings. The van der Waals surface area contributed by atoms with Gasteiger partial charge in [-0.3, -0.25) is 19.0 Å². The van der Waals surface area contributed by atoms with Crippen LogP contribution in [0.3, 0.4) is 0 Å². The molecule has 7 nitrogen and oxygen atoms in total. The number of hydrogen-bond acceptors (Lipinski definition) is 6. The number of nitriles is 1. The Balaban J connectivity index is 1.96. The molecule has 0 aliphatic heterocycles. The van der Waals surface area contributed by atoms with Gasteiger partial charge in [0.05, 0.1) is 10.6 Å². The smallest absolute Gasteiger partial charge is 0.326 e. The lowest BCUT2D eigenvalue weighted by atomic mass is 10.2. The molecule has 0 unspecified atom stereocenters. The van der Waals surface area contributed by atoms with E-state index in [1.54, 1.807) is 12.3 Å². The fourth-order valence-electron chi connectivity index (χ4n) is 1.94. The average molecular weight is 380 g/mol. The number of thiazole rings is 1. The van der Waals surface area contributed by atoms with Crippen LogP contribution >= 0.6 is 22.9 Å². The van der Waals surface area contributed by atoms with Crippen molar-refractivity contribution >= 4 is 40.5 Å². The Bertz CT molecular complexity index is 913. The molecular formula is C16H14ClN3O4S. The minimum absolute atomic E-state index is 0.206. The van der Waals surface area contributed by atoms with Crippen LogP contribution in [0.4, 0.5) is 5.69 Å². The predicted octanol–water partition coefficient (Wildman–Crippen LogP) is 2.31. The van der Waals surface area contributed by atoms with Gasteiger partial charge in [-0.25, -0.2) is 0 Å². The molecule has 1 atom stereocenters. The molecule has 1 N–H and O–H groups in total. The van der Waals surface area contributed by atoms with Crippen LogP contribution in [0.25, 0.3) is 0 Å². The first kappa shape index (κ1) is 18.7. The van der Waals surface area contributed by atoms with Crippen molar-refractivity contribution in [2.75, 3.05) is 5.32 Å². The van der Waals surface area contributed by atoms with E-state index in [9.17, 15) is 14.4 Å². The number of esters is 1. The van der Waals surface area contributed by atoms with Crippen LogP contribution in [0.15, 0.2) is 28.4 Å². The van der Waals surface area contributed by atoms with Crippen LogP contribution in [-0.2, 0) is 20.9 Å². The van der Waals surface area contributed by atoms with Crippen LogP contribution in [0.2, 0.25) is 5.02 Å². The van der Waals surface area contributed by atoms with Crippen molar-refractivity contribution in [3.63, 3.8) is 0 Å². The molecule has 1 amide bonds. The number of carbonyl (C=O) groups is 2. The van der Waals surface area contributed by atoms with Gasteiger partial charge in [-0.15, -0.1) is 0 Å². The van der Waals surface area contributed by atoms with Gasteiger partial charge in [0.1, 0.15) is 12.6 Å². The number of aromatic nitrogens is 1. The molecule has 2 aromatic rings. The SMILES string of the molecule is Cc1csc(=O)n1CC(=O)O[C@H](C)C(=O)Nc1ccc(C#N)c(Cl)c1. The summed E-state index contributed by atoms with van der Waals surface area (Å²) >= 11 is 6.88. The summed E-state index contributed by atoms with van der Waals surface area (Å²) in [6.45, 7) is 2.87. The summed E-state index contributed by atoms with van der Waals surface area (Å²) in [5, 5.41) is 13.2. The molecule has 0 saturated carbocycles. The summed E-state index contributed by atoms with van der Waals surface area (Å²) in [5.74, 6) is -1.24. The van der Waals surface area contributed by atoms with Crippen LogP contribution in [0.1, 0.15) is 18.2 Å². The van der Waals surface area contributed by atoms with Gasteiger partial charge in [-0.1, -0.05) is 22.9 Å². The summed E-state index contributed by atoms with van der Waals surface area (Å²) in [4.78, 5) is 35.3. The molecule has 9 heteroatoms. The molecule has 2 rings (SSSR count). The van der Waals surface area contributed by atoms with E-state index in [-0.39, 0.29) is 22.0 Å². The van der Waals surface area contributed by atoms with Gasteiger partial charge < -0.3 is 10.1 Å². The third-order valence-electron chi connectivity index (χ3n) is 3.30. The quantitative estimate of drug-likeness (QED) is 0.803. The van der Waals surface area contributed by atoms with Gasteiger partial charge in [0.2, 0.25) is 0 Å². The summed E-state index contributed by atoms with van der Waals surface area (Å²) in [5.41, 5.74) is 1.31. The third kappa shape index (κ3) is 4.68. The highest BCUT2D eigenvalue weighted by atomic mass is 35.5. The molecule has 0 aliphatic carbocycles. The molecule has 130 valence electrons. The zero-order chi connectivity index (χ0) is 18.6. The normalized spacial score (nSPS) is 11.4. The number of ether oxygens (including phenoxy) is 1. The highest BCUT2D eigenvalue weighted by molar-refractivity contribution is 7.07. The molecule has 25 heavy (non-hydrogen) atoms. The van der Waals surface area contributed by atoms with E-state index in [1.165, 1.54) is 29.7 Å². The molecule has 1 aromatic heterocycles. The molecule has 1 aromatic carbocycles. The van der Waals surface area contributed by atoms with E-state index < -0.39 is 18.0 Å². The van der Waals surface area contributed by atoms with E-state index in [2.05, 4.69) is 5.32 Å². The Morgan fingerprint density at radius 2 is 2.20 bits per heavy atom. The zero-order valence-electron chi connectivity index (χ0n) is 13.4. The molecule has 0 spiro atoms. The number of benzene rings is 1. The van der Waals surface area contributed by atoms with Crippen LogP contribution in [0.5, 0.6) is 0 Å². The van der Waals surface area contributed by atoms with E-state index in [0.29, 0.717) is 11.4 Å². The van der Waals surface area contributed by atoms with Crippen LogP contribution < -0.4 is 10.2 Å². The topological polar surface area (TPSA) is 101 Å². The predicted molar refractivity (Wildman–Crippen MR) is 93.7 cm³/mol. The van der Waals surface area contributed by atoms with Gasteiger partial charge in [0.25, 0.3) is 5.91 Å². The second kappa shape index (κ2) is 7.96. The standard InChI is InChI=1S/C16H14ClN3O4S/c1-9-8-25-16(23)20(9)7-14(21)24-10(2)15(22)19-12-4-3-11(6-18)13(17)5-12/h3-5,8,10H,7H2,1-2H3,(H,19,22)/t10-/m1/s1. The number of rotatable bonds is 5. The summed E-state index contributed by atoms with van der Waals surface area (Å²) in [6.07, 6.45) is -1.06. The zero-order valence-corrected chi connectivity index (χ0v) is 15.0. The number of nitrogens with one attached hydrogen (secondary N) is 1. The Kier molecular flexibility index (Phi) is 5.96. The maximum Gasteiger partial charge on any atom is 0.326 e. The summed E-state index contributed by atoms with van der Waals surface area (Å²) in [7, 11) is 0. The van der Waals surface area contributed by atoms with Crippen molar-refractivity contribution < 1.29 is 14.3 Å². The molecule has 1 heterocycles. The lowest BCUT2D eigenvalue weighted by Crippen LogP contribution is -2.32. The van der Waals surface area contributed by atoms with E-state index in [4.69, 9.17) is 21.6 Å².